The van der Waals surface area contributed by atoms with Crippen molar-refractivity contribution in [1.29, 1.82) is 0 Å². The molecule has 0 unspecified atom stereocenters. The molecular formula is C19H17F3N2O4S. The van der Waals surface area contributed by atoms with Gasteiger partial charge in [-0.3, -0.25) is 9.80 Å². The number of carbonyl (C=O) groups is 1. The van der Waals surface area contributed by atoms with Crippen LogP contribution in [0.2, 0.25) is 0 Å². The highest BCUT2D eigenvalue weighted by atomic mass is 32.2. The molecule has 154 valence electrons. The highest BCUT2D eigenvalue weighted by Crippen LogP contribution is 2.42. The van der Waals surface area contributed by atoms with Crippen molar-refractivity contribution in [3.63, 3.8) is 0 Å². The third-order valence-electron chi connectivity index (χ3n) is 5.17. The molecule has 6 nitrogen and oxygen atoms in total. The van der Waals surface area contributed by atoms with E-state index in [-0.39, 0.29) is 17.2 Å². The van der Waals surface area contributed by atoms with Gasteiger partial charge in [-0.25, -0.2) is 13.2 Å². The van der Waals surface area contributed by atoms with Crippen LogP contribution >= 0.6 is 0 Å². The number of amides is 2. The number of urea groups is 1. The van der Waals surface area contributed by atoms with Crippen LogP contribution in [0.1, 0.15) is 5.56 Å². The third-order valence-corrected chi connectivity index (χ3v) is 6.86. The summed E-state index contributed by atoms with van der Waals surface area (Å²) in [5, 5.41) is 0. The molecule has 2 aromatic rings. The Labute approximate surface area is 165 Å². The average molecular weight is 426 g/mol. The molecule has 29 heavy (non-hydrogen) atoms. The summed E-state index contributed by atoms with van der Waals surface area (Å²) >= 11 is 0. The monoisotopic (exact) mass is 426 g/mol. The highest BCUT2D eigenvalue weighted by molar-refractivity contribution is 7.91. The Bertz CT molecular complexity index is 1070. The Kier molecular flexibility index (Phi) is 4.49. The molecule has 0 aliphatic carbocycles. The van der Waals surface area contributed by atoms with Gasteiger partial charge in [-0.1, -0.05) is 18.2 Å². The quantitative estimate of drug-likeness (QED) is 0.707. The lowest BCUT2D eigenvalue weighted by Crippen LogP contribution is -2.38. The van der Waals surface area contributed by atoms with Gasteiger partial charge in [-0.05, 0) is 30.3 Å². The number of para-hydroxylation sites is 2. The minimum absolute atomic E-state index is 0.00863. The van der Waals surface area contributed by atoms with E-state index in [2.05, 4.69) is 0 Å². The van der Waals surface area contributed by atoms with Gasteiger partial charge in [0, 0.05) is 5.69 Å². The summed E-state index contributed by atoms with van der Waals surface area (Å²) in [6.45, 7) is 0. The van der Waals surface area contributed by atoms with Crippen molar-refractivity contribution >= 4 is 27.2 Å². The van der Waals surface area contributed by atoms with Crippen LogP contribution in [-0.4, -0.2) is 45.1 Å². The molecule has 2 heterocycles. The molecule has 4 rings (SSSR count). The molecule has 2 fully saturated rings. The van der Waals surface area contributed by atoms with Gasteiger partial charge in [0.15, 0.2) is 9.84 Å². The first kappa shape index (κ1) is 19.6. The number of nitrogens with zero attached hydrogens (tertiary/aromatic N) is 2. The van der Waals surface area contributed by atoms with E-state index < -0.39 is 39.7 Å². The lowest BCUT2D eigenvalue weighted by atomic mass is 10.1. The Hall–Kier alpha value is -2.75. The number of hydrogen-bond acceptors (Lipinski definition) is 4. The smallest absolute Gasteiger partial charge is 0.416 e. The van der Waals surface area contributed by atoms with E-state index in [4.69, 9.17) is 4.74 Å². The Morgan fingerprint density at radius 3 is 2.31 bits per heavy atom. The molecule has 2 aliphatic rings. The predicted molar refractivity (Wildman–Crippen MR) is 101 cm³/mol. The van der Waals surface area contributed by atoms with Gasteiger partial charge < -0.3 is 4.74 Å². The van der Waals surface area contributed by atoms with Gasteiger partial charge in [0.2, 0.25) is 0 Å². The van der Waals surface area contributed by atoms with Crippen molar-refractivity contribution in [1.82, 2.24) is 0 Å². The topological polar surface area (TPSA) is 66.9 Å². The van der Waals surface area contributed by atoms with Gasteiger partial charge in [0.1, 0.15) is 5.75 Å². The normalized spacial score (nSPS) is 23.4. The minimum Gasteiger partial charge on any atom is -0.495 e. The van der Waals surface area contributed by atoms with Crippen molar-refractivity contribution < 1.29 is 31.1 Å². The maximum absolute atomic E-state index is 13.3. The van der Waals surface area contributed by atoms with Crippen molar-refractivity contribution in [3.05, 3.63) is 54.1 Å². The SMILES string of the molecule is COc1ccccc1N1C(=O)N(c2cccc(C(F)(F)F)c2)[C@H]2CS(=O)(=O)C[C@@H]21. The number of ether oxygens (including phenoxy) is 1. The average Bonchev–Trinajstić information content (AvgIpc) is 3.09. The number of carbonyl (C=O) groups excluding carboxylic acids is 1. The van der Waals surface area contributed by atoms with E-state index >= 15 is 0 Å². The number of hydrogen-bond donors (Lipinski definition) is 0. The van der Waals surface area contributed by atoms with E-state index in [1.807, 2.05) is 0 Å². The third kappa shape index (κ3) is 3.31. The van der Waals surface area contributed by atoms with Gasteiger partial charge in [-0.15, -0.1) is 0 Å². The maximum atomic E-state index is 13.3. The number of sulfone groups is 1. The standard InChI is InChI=1S/C19H17F3N2O4S/c1-28-17-8-3-2-7-14(17)24-16-11-29(26,27)10-15(16)23(18(24)25)13-6-4-5-12(9-13)19(20,21)22/h2-9,15-16H,10-11H2,1H3/t15-,16-/m0/s1. The van der Waals surface area contributed by atoms with Gasteiger partial charge in [-0.2, -0.15) is 13.2 Å². The van der Waals surface area contributed by atoms with E-state index in [1.54, 1.807) is 24.3 Å². The molecule has 2 saturated heterocycles. The summed E-state index contributed by atoms with van der Waals surface area (Å²) in [6, 6.07) is 8.89. The number of anilines is 2. The molecule has 10 heteroatoms. The fourth-order valence-electron chi connectivity index (χ4n) is 3.95. The van der Waals surface area contributed by atoms with Crippen molar-refractivity contribution in [2.24, 2.45) is 0 Å². The van der Waals surface area contributed by atoms with E-state index in [0.717, 1.165) is 17.0 Å². The molecule has 0 bridgehead atoms. The number of benzene rings is 2. The highest BCUT2D eigenvalue weighted by Gasteiger charge is 2.55. The van der Waals surface area contributed by atoms with Crippen LogP contribution in [-0.2, 0) is 16.0 Å². The van der Waals surface area contributed by atoms with E-state index in [0.29, 0.717) is 11.4 Å². The van der Waals surface area contributed by atoms with Crippen LogP contribution < -0.4 is 14.5 Å². The minimum atomic E-state index is -4.58. The summed E-state index contributed by atoms with van der Waals surface area (Å²) in [4.78, 5) is 15.7. The van der Waals surface area contributed by atoms with E-state index in [9.17, 15) is 26.4 Å². The molecule has 0 N–H and O–H groups in total. The summed E-state index contributed by atoms with van der Waals surface area (Å²) in [7, 11) is -2.04. The first-order chi connectivity index (χ1) is 13.6. The molecule has 2 aromatic carbocycles. The van der Waals surface area contributed by atoms with Gasteiger partial charge in [0.05, 0.1) is 42.0 Å². The van der Waals surface area contributed by atoms with Crippen LogP contribution in [0.4, 0.5) is 29.3 Å². The van der Waals surface area contributed by atoms with Crippen molar-refractivity contribution in [2.75, 3.05) is 28.4 Å². The zero-order valence-electron chi connectivity index (χ0n) is 15.3. The Morgan fingerprint density at radius 2 is 1.66 bits per heavy atom. The van der Waals surface area contributed by atoms with Crippen LogP contribution in [0, 0.1) is 0 Å². The van der Waals surface area contributed by atoms with Crippen LogP contribution in [0.15, 0.2) is 48.5 Å². The fraction of sp³-hybridized carbons (Fsp3) is 0.316. The van der Waals surface area contributed by atoms with Gasteiger partial charge in [0.25, 0.3) is 0 Å². The summed E-state index contributed by atoms with van der Waals surface area (Å²) in [5.41, 5.74) is -0.521. The summed E-state index contributed by atoms with van der Waals surface area (Å²) in [5.74, 6) is -0.211. The van der Waals surface area contributed by atoms with Gasteiger partial charge >= 0.3 is 12.2 Å². The predicted octanol–water partition coefficient (Wildman–Crippen LogP) is 3.33. The zero-order chi connectivity index (χ0) is 21.0. The summed E-state index contributed by atoms with van der Waals surface area (Å²) < 4.78 is 69.4. The molecule has 2 amide bonds. The van der Waals surface area contributed by atoms with Crippen LogP contribution in [0.3, 0.4) is 0 Å². The number of alkyl halides is 3. The first-order valence-corrected chi connectivity index (χ1v) is 10.6. The second-order valence-electron chi connectivity index (χ2n) is 6.95. The van der Waals surface area contributed by atoms with Crippen LogP contribution in [0.5, 0.6) is 5.75 Å². The number of rotatable bonds is 3. The lowest BCUT2D eigenvalue weighted by molar-refractivity contribution is -0.137. The second-order valence-corrected chi connectivity index (χ2v) is 9.11. The molecule has 0 radical (unpaired) electrons. The zero-order valence-corrected chi connectivity index (χ0v) is 16.1. The number of halogens is 3. The molecule has 0 spiro atoms. The Morgan fingerprint density at radius 1 is 1.00 bits per heavy atom. The maximum Gasteiger partial charge on any atom is 0.416 e. The molecule has 2 atom stereocenters. The van der Waals surface area contributed by atoms with Crippen LogP contribution in [0.25, 0.3) is 0 Å². The molecule has 0 saturated carbocycles. The fourth-order valence-corrected chi connectivity index (χ4v) is 5.87. The number of fused-ring (bicyclic) bond motifs is 1. The van der Waals surface area contributed by atoms with E-state index in [1.165, 1.54) is 24.1 Å². The number of methoxy groups -OCH3 is 1. The molecule has 0 aromatic heterocycles. The Balaban J connectivity index is 1.83. The molecule has 2 aliphatic heterocycles. The van der Waals surface area contributed by atoms with Crippen molar-refractivity contribution in [3.8, 4) is 5.75 Å². The lowest BCUT2D eigenvalue weighted by Gasteiger charge is -2.24. The first-order valence-electron chi connectivity index (χ1n) is 8.75. The largest absolute Gasteiger partial charge is 0.495 e. The molecular weight excluding hydrogens is 409 g/mol. The summed E-state index contributed by atoms with van der Waals surface area (Å²) in [6.07, 6.45) is -4.58. The van der Waals surface area contributed by atoms with Crippen molar-refractivity contribution in [2.45, 2.75) is 18.3 Å². The second kappa shape index (κ2) is 6.65.